The molecule has 0 fully saturated rings. The summed E-state index contributed by atoms with van der Waals surface area (Å²) in [6.45, 7) is 1.97. The Morgan fingerprint density at radius 2 is 1.56 bits per heavy atom. The maximum absolute atomic E-state index is 13.5. The molecule has 5 aromatic rings. The van der Waals surface area contributed by atoms with Crippen LogP contribution in [0.5, 0.6) is 0 Å². The lowest BCUT2D eigenvalue weighted by atomic mass is 10.0. The molecule has 2 atom stereocenters. The molecule has 10 heteroatoms. The highest BCUT2D eigenvalue weighted by molar-refractivity contribution is 7.85. The summed E-state index contributed by atoms with van der Waals surface area (Å²) in [5.74, 6) is 0.321. The summed E-state index contributed by atoms with van der Waals surface area (Å²) in [5, 5.41) is 11.8. The number of anilines is 1. The summed E-state index contributed by atoms with van der Waals surface area (Å²) in [4.78, 5) is 9.46. The van der Waals surface area contributed by atoms with Crippen molar-refractivity contribution in [3.8, 4) is 22.5 Å². The number of hydrogen-bond acceptors (Lipinski definition) is 6. The standard InChI is InChI=1S/C29H22F3N5OS/c1-19(20-9-4-2-5-10-20)34-28-33-16-15-25(35-28)24-18-26(39(38)23-13-6-3-7-14-23)36-37-27(24)21-11-8-12-22(17-21)29(30,31)32/h2-19H,1H3,(H,33,34,35). The number of nitrogens with zero attached hydrogens (tertiary/aromatic N) is 4. The summed E-state index contributed by atoms with van der Waals surface area (Å²) in [7, 11) is -1.67. The first-order valence-electron chi connectivity index (χ1n) is 12.0. The third kappa shape index (κ3) is 6.01. The molecule has 2 unspecified atom stereocenters. The largest absolute Gasteiger partial charge is 0.416 e. The van der Waals surface area contributed by atoms with E-state index in [0.717, 1.165) is 17.7 Å². The van der Waals surface area contributed by atoms with Crippen molar-refractivity contribution in [2.24, 2.45) is 0 Å². The van der Waals surface area contributed by atoms with E-state index in [1.165, 1.54) is 12.1 Å². The Bertz CT molecular complexity index is 1610. The van der Waals surface area contributed by atoms with Crippen molar-refractivity contribution in [2.45, 2.75) is 29.1 Å². The molecule has 2 aromatic heterocycles. The van der Waals surface area contributed by atoms with Crippen LogP contribution in [0.3, 0.4) is 0 Å². The Hall–Kier alpha value is -4.44. The average molecular weight is 546 g/mol. The molecule has 0 saturated carbocycles. The summed E-state index contributed by atoms with van der Waals surface area (Å²) < 4.78 is 53.7. The van der Waals surface area contributed by atoms with Crippen LogP contribution in [-0.2, 0) is 17.0 Å². The van der Waals surface area contributed by atoms with Gasteiger partial charge in [0.05, 0.1) is 17.3 Å². The van der Waals surface area contributed by atoms with Crippen molar-refractivity contribution < 1.29 is 17.4 Å². The number of alkyl halides is 3. The summed E-state index contributed by atoms with van der Waals surface area (Å²) in [6, 6.07) is 26.4. The predicted octanol–water partition coefficient (Wildman–Crippen LogP) is 6.96. The number of halogens is 3. The molecule has 0 radical (unpaired) electrons. The normalized spacial score (nSPS) is 13.0. The summed E-state index contributed by atoms with van der Waals surface area (Å²) in [5.41, 5.74) is 1.36. The number of nitrogens with one attached hydrogen (secondary N) is 1. The van der Waals surface area contributed by atoms with Crippen molar-refractivity contribution in [1.82, 2.24) is 20.2 Å². The van der Waals surface area contributed by atoms with Gasteiger partial charge in [0.15, 0.2) is 5.03 Å². The molecule has 3 aromatic carbocycles. The van der Waals surface area contributed by atoms with Crippen LogP contribution in [0.4, 0.5) is 19.1 Å². The third-order valence-electron chi connectivity index (χ3n) is 5.96. The van der Waals surface area contributed by atoms with E-state index in [4.69, 9.17) is 0 Å². The average Bonchev–Trinajstić information content (AvgIpc) is 2.97. The number of aromatic nitrogens is 4. The second-order valence-electron chi connectivity index (χ2n) is 8.65. The van der Waals surface area contributed by atoms with Gasteiger partial charge in [-0.15, -0.1) is 10.2 Å². The van der Waals surface area contributed by atoms with E-state index in [1.54, 1.807) is 48.7 Å². The zero-order chi connectivity index (χ0) is 27.4. The second-order valence-corrected chi connectivity index (χ2v) is 10.1. The Balaban J connectivity index is 1.60. The molecule has 0 saturated heterocycles. The third-order valence-corrected chi connectivity index (χ3v) is 7.24. The Morgan fingerprint density at radius 3 is 2.28 bits per heavy atom. The predicted molar refractivity (Wildman–Crippen MR) is 143 cm³/mol. The van der Waals surface area contributed by atoms with Gasteiger partial charge in [-0.25, -0.2) is 14.2 Å². The van der Waals surface area contributed by atoms with Gasteiger partial charge < -0.3 is 5.32 Å². The Morgan fingerprint density at radius 1 is 0.846 bits per heavy atom. The molecule has 0 aliphatic rings. The SMILES string of the molecule is CC(Nc1nccc(-c2cc(S(=O)c3ccccc3)nnc2-c2cccc(C(F)(F)F)c2)n1)c1ccccc1. The van der Waals surface area contributed by atoms with Gasteiger partial charge in [-0.2, -0.15) is 13.2 Å². The highest BCUT2D eigenvalue weighted by Gasteiger charge is 2.31. The summed E-state index contributed by atoms with van der Waals surface area (Å²) in [6.07, 6.45) is -2.98. The van der Waals surface area contributed by atoms with Gasteiger partial charge in [0, 0.05) is 22.2 Å². The molecule has 5 rings (SSSR count). The fraction of sp³-hybridized carbons (Fsp3) is 0.103. The second kappa shape index (κ2) is 11.1. The van der Waals surface area contributed by atoms with E-state index in [-0.39, 0.29) is 22.3 Å². The van der Waals surface area contributed by atoms with E-state index in [1.807, 2.05) is 37.3 Å². The quantitative estimate of drug-likeness (QED) is 0.238. The van der Waals surface area contributed by atoms with Crippen LogP contribution in [0, 0.1) is 0 Å². The smallest absolute Gasteiger partial charge is 0.348 e. The van der Waals surface area contributed by atoms with Crippen LogP contribution in [-0.4, -0.2) is 24.4 Å². The molecule has 0 bridgehead atoms. The van der Waals surface area contributed by atoms with Crippen LogP contribution < -0.4 is 5.32 Å². The maximum Gasteiger partial charge on any atom is 0.416 e. The first-order valence-corrected chi connectivity index (χ1v) is 13.1. The minimum absolute atomic E-state index is 0.110. The number of hydrogen-bond donors (Lipinski definition) is 1. The van der Waals surface area contributed by atoms with Crippen LogP contribution in [0.25, 0.3) is 22.5 Å². The molecule has 196 valence electrons. The maximum atomic E-state index is 13.5. The first kappa shape index (κ1) is 26.2. The monoisotopic (exact) mass is 545 g/mol. The molecule has 0 amide bonds. The lowest BCUT2D eigenvalue weighted by Gasteiger charge is -2.15. The Kier molecular flexibility index (Phi) is 7.47. The zero-order valence-electron chi connectivity index (χ0n) is 20.6. The highest BCUT2D eigenvalue weighted by Crippen LogP contribution is 2.35. The number of rotatable bonds is 7. The van der Waals surface area contributed by atoms with Crippen LogP contribution in [0.1, 0.15) is 24.1 Å². The van der Waals surface area contributed by atoms with Crippen molar-refractivity contribution in [3.63, 3.8) is 0 Å². The molecule has 6 nitrogen and oxygen atoms in total. The fourth-order valence-corrected chi connectivity index (χ4v) is 4.96. The van der Waals surface area contributed by atoms with Crippen LogP contribution in [0.2, 0.25) is 0 Å². The minimum Gasteiger partial charge on any atom is -0.348 e. The fourth-order valence-electron chi connectivity index (χ4n) is 3.98. The van der Waals surface area contributed by atoms with E-state index >= 15 is 0 Å². The van der Waals surface area contributed by atoms with E-state index in [9.17, 15) is 17.4 Å². The molecule has 0 aliphatic carbocycles. The zero-order valence-corrected chi connectivity index (χ0v) is 21.4. The first-order chi connectivity index (χ1) is 18.8. The van der Waals surface area contributed by atoms with Gasteiger partial charge in [0.1, 0.15) is 16.5 Å². The number of benzene rings is 3. The van der Waals surface area contributed by atoms with Crippen LogP contribution >= 0.6 is 0 Å². The molecular weight excluding hydrogens is 523 g/mol. The van der Waals surface area contributed by atoms with Gasteiger partial charge in [-0.05, 0) is 48.9 Å². The molecule has 0 aliphatic heterocycles. The van der Waals surface area contributed by atoms with Crippen molar-refractivity contribution in [1.29, 1.82) is 0 Å². The Labute approximate surface area is 225 Å². The minimum atomic E-state index is -4.53. The molecule has 0 spiro atoms. The van der Waals surface area contributed by atoms with Gasteiger partial charge in [-0.3, -0.25) is 0 Å². The van der Waals surface area contributed by atoms with Crippen molar-refractivity contribution in [3.05, 3.63) is 114 Å². The van der Waals surface area contributed by atoms with Gasteiger partial charge in [-0.1, -0.05) is 60.7 Å². The van der Waals surface area contributed by atoms with Gasteiger partial charge in [0.2, 0.25) is 5.95 Å². The molecule has 2 heterocycles. The summed E-state index contributed by atoms with van der Waals surface area (Å²) >= 11 is 0. The van der Waals surface area contributed by atoms with E-state index < -0.39 is 22.5 Å². The van der Waals surface area contributed by atoms with Gasteiger partial charge >= 0.3 is 6.18 Å². The van der Waals surface area contributed by atoms with Crippen molar-refractivity contribution >= 4 is 16.7 Å². The molecule has 39 heavy (non-hydrogen) atoms. The van der Waals surface area contributed by atoms with Crippen molar-refractivity contribution in [2.75, 3.05) is 5.32 Å². The molecular formula is C29H22F3N5OS. The topological polar surface area (TPSA) is 80.7 Å². The highest BCUT2D eigenvalue weighted by atomic mass is 32.2. The molecule has 1 N–H and O–H groups in total. The van der Waals surface area contributed by atoms with E-state index in [0.29, 0.717) is 22.1 Å². The lowest BCUT2D eigenvalue weighted by molar-refractivity contribution is -0.137. The van der Waals surface area contributed by atoms with Gasteiger partial charge in [0.25, 0.3) is 0 Å². The van der Waals surface area contributed by atoms with Crippen LogP contribution in [0.15, 0.2) is 113 Å². The lowest BCUT2D eigenvalue weighted by Crippen LogP contribution is -2.10. The van der Waals surface area contributed by atoms with E-state index in [2.05, 4.69) is 25.5 Å².